The van der Waals surface area contributed by atoms with Gasteiger partial charge in [0.15, 0.2) is 5.76 Å². The van der Waals surface area contributed by atoms with Gasteiger partial charge in [-0.3, -0.25) is 4.79 Å². The molecule has 72 valence electrons. The molecule has 0 saturated carbocycles. The van der Waals surface area contributed by atoms with Crippen molar-refractivity contribution in [1.82, 2.24) is 0 Å². The van der Waals surface area contributed by atoms with Crippen molar-refractivity contribution in [2.75, 3.05) is 0 Å². The number of hydrogen-bond donors (Lipinski definition) is 0. The number of furan rings is 2. The Balaban J connectivity index is 2.33. The molecule has 3 nitrogen and oxygen atoms in total. The molecule has 0 atom stereocenters. The predicted molar refractivity (Wildman–Crippen MR) is 50.3 cm³/mol. The molecular weight excluding hydrogens is 180 g/mol. The van der Waals surface area contributed by atoms with Gasteiger partial charge in [-0.1, -0.05) is 0 Å². The SMILES string of the molecule is Cc1cc(C(=O)c2ccc(C)o2)co1. The number of rotatable bonds is 2. The van der Waals surface area contributed by atoms with Crippen molar-refractivity contribution < 1.29 is 13.6 Å². The Morgan fingerprint density at radius 3 is 2.50 bits per heavy atom. The quantitative estimate of drug-likeness (QED) is 0.684. The highest BCUT2D eigenvalue weighted by molar-refractivity contribution is 6.06. The zero-order chi connectivity index (χ0) is 10.1. The van der Waals surface area contributed by atoms with Crippen LogP contribution >= 0.6 is 0 Å². The third-order valence-electron chi connectivity index (χ3n) is 1.96. The highest BCUT2D eigenvalue weighted by Gasteiger charge is 2.14. The van der Waals surface area contributed by atoms with E-state index in [1.807, 2.05) is 0 Å². The van der Waals surface area contributed by atoms with E-state index in [9.17, 15) is 4.79 Å². The van der Waals surface area contributed by atoms with Crippen molar-refractivity contribution >= 4 is 5.78 Å². The first-order valence-electron chi connectivity index (χ1n) is 4.33. The average Bonchev–Trinajstić information content (AvgIpc) is 2.73. The lowest BCUT2D eigenvalue weighted by molar-refractivity contribution is 0.101. The van der Waals surface area contributed by atoms with Gasteiger partial charge < -0.3 is 8.83 Å². The average molecular weight is 190 g/mol. The van der Waals surface area contributed by atoms with Crippen LogP contribution in [-0.4, -0.2) is 5.78 Å². The van der Waals surface area contributed by atoms with E-state index in [0.29, 0.717) is 11.3 Å². The lowest BCUT2D eigenvalue weighted by Gasteiger charge is -1.90. The molecule has 0 bridgehead atoms. The van der Waals surface area contributed by atoms with E-state index in [2.05, 4.69) is 0 Å². The third-order valence-corrected chi connectivity index (χ3v) is 1.96. The van der Waals surface area contributed by atoms with E-state index >= 15 is 0 Å². The summed E-state index contributed by atoms with van der Waals surface area (Å²) in [6, 6.07) is 5.13. The van der Waals surface area contributed by atoms with Gasteiger partial charge in [-0.25, -0.2) is 0 Å². The van der Waals surface area contributed by atoms with Crippen molar-refractivity contribution in [3.05, 3.63) is 47.3 Å². The fraction of sp³-hybridized carbons (Fsp3) is 0.182. The second-order valence-electron chi connectivity index (χ2n) is 3.19. The number of carbonyl (C=O) groups is 1. The Kier molecular flexibility index (Phi) is 2.00. The standard InChI is InChI=1S/C11H10O3/c1-7-3-4-10(14-7)11(12)9-5-8(2)13-6-9/h3-6H,1-2H3. The number of aryl methyl sites for hydroxylation is 2. The Bertz CT molecular complexity index is 420. The van der Waals surface area contributed by atoms with Gasteiger partial charge in [0.2, 0.25) is 5.78 Å². The Morgan fingerprint density at radius 2 is 2.00 bits per heavy atom. The molecule has 0 radical (unpaired) electrons. The summed E-state index contributed by atoms with van der Waals surface area (Å²) < 4.78 is 10.3. The molecule has 2 aromatic heterocycles. The zero-order valence-electron chi connectivity index (χ0n) is 8.03. The minimum Gasteiger partial charge on any atom is -0.469 e. The molecule has 0 fully saturated rings. The van der Waals surface area contributed by atoms with Crippen LogP contribution in [0.3, 0.4) is 0 Å². The summed E-state index contributed by atoms with van der Waals surface area (Å²) in [5, 5.41) is 0. The smallest absolute Gasteiger partial charge is 0.231 e. The van der Waals surface area contributed by atoms with Gasteiger partial charge >= 0.3 is 0 Å². The van der Waals surface area contributed by atoms with Crippen LogP contribution in [0.4, 0.5) is 0 Å². The maximum Gasteiger partial charge on any atom is 0.231 e. The lowest BCUT2D eigenvalue weighted by atomic mass is 10.2. The molecule has 0 spiro atoms. The Labute approximate surface area is 81.3 Å². The summed E-state index contributed by atoms with van der Waals surface area (Å²) in [5.41, 5.74) is 0.525. The van der Waals surface area contributed by atoms with Crippen molar-refractivity contribution in [3.8, 4) is 0 Å². The summed E-state index contributed by atoms with van der Waals surface area (Å²) in [7, 11) is 0. The van der Waals surface area contributed by atoms with Gasteiger partial charge in [-0.05, 0) is 32.0 Å². The van der Waals surface area contributed by atoms with Crippen LogP contribution in [0, 0.1) is 13.8 Å². The first-order chi connectivity index (χ1) is 6.66. The predicted octanol–water partition coefficient (Wildman–Crippen LogP) is 2.72. The lowest BCUT2D eigenvalue weighted by Crippen LogP contribution is -1.96. The summed E-state index contributed by atoms with van der Waals surface area (Å²) in [6.45, 7) is 3.60. The molecule has 3 heteroatoms. The van der Waals surface area contributed by atoms with E-state index in [1.54, 1.807) is 32.0 Å². The fourth-order valence-corrected chi connectivity index (χ4v) is 1.26. The molecule has 2 rings (SSSR count). The molecule has 14 heavy (non-hydrogen) atoms. The molecule has 0 unspecified atom stereocenters. The van der Waals surface area contributed by atoms with Gasteiger partial charge in [0.05, 0.1) is 5.56 Å². The second kappa shape index (κ2) is 3.18. The number of hydrogen-bond acceptors (Lipinski definition) is 3. The molecule has 0 aliphatic heterocycles. The fourth-order valence-electron chi connectivity index (χ4n) is 1.26. The summed E-state index contributed by atoms with van der Waals surface area (Å²) >= 11 is 0. The van der Waals surface area contributed by atoms with Crippen molar-refractivity contribution in [2.24, 2.45) is 0 Å². The number of carbonyl (C=O) groups excluding carboxylic acids is 1. The molecule has 2 aromatic rings. The van der Waals surface area contributed by atoms with Crippen LogP contribution in [0.1, 0.15) is 27.6 Å². The van der Waals surface area contributed by atoms with Gasteiger partial charge in [0, 0.05) is 0 Å². The van der Waals surface area contributed by atoms with Gasteiger partial charge in [-0.15, -0.1) is 0 Å². The van der Waals surface area contributed by atoms with Crippen molar-refractivity contribution in [3.63, 3.8) is 0 Å². The maximum atomic E-state index is 11.7. The summed E-state index contributed by atoms with van der Waals surface area (Å²) in [5.74, 6) is 1.66. The molecule has 0 aromatic carbocycles. The van der Waals surface area contributed by atoms with Crippen LogP contribution in [0.2, 0.25) is 0 Å². The maximum absolute atomic E-state index is 11.7. The number of ketones is 1. The molecule has 2 heterocycles. The first-order valence-corrected chi connectivity index (χ1v) is 4.33. The largest absolute Gasteiger partial charge is 0.469 e. The van der Waals surface area contributed by atoms with E-state index in [-0.39, 0.29) is 5.78 Å². The van der Waals surface area contributed by atoms with E-state index in [0.717, 1.165) is 11.5 Å². The highest BCUT2D eigenvalue weighted by atomic mass is 16.3. The van der Waals surface area contributed by atoms with Gasteiger partial charge in [-0.2, -0.15) is 0 Å². The normalized spacial score (nSPS) is 10.4. The van der Waals surface area contributed by atoms with E-state index in [4.69, 9.17) is 8.83 Å². The molecular formula is C11H10O3. The summed E-state index contributed by atoms with van der Waals surface area (Å²) in [4.78, 5) is 11.7. The first kappa shape index (κ1) is 8.81. The van der Waals surface area contributed by atoms with Crippen LogP contribution < -0.4 is 0 Å². The molecule has 0 N–H and O–H groups in total. The minimum atomic E-state index is -0.144. The molecule has 0 saturated heterocycles. The van der Waals surface area contributed by atoms with Gasteiger partial charge in [0.1, 0.15) is 17.8 Å². The monoisotopic (exact) mass is 190 g/mol. The van der Waals surface area contributed by atoms with Crippen molar-refractivity contribution in [2.45, 2.75) is 13.8 Å². The zero-order valence-corrected chi connectivity index (χ0v) is 8.03. The Hall–Kier alpha value is -1.77. The minimum absolute atomic E-state index is 0.144. The molecule has 0 aliphatic carbocycles. The van der Waals surface area contributed by atoms with Crippen LogP contribution in [0.5, 0.6) is 0 Å². The van der Waals surface area contributed by atoms with Crippen molar-refractivity contribution in [1.29, 1.82) is 0 Å². The Morgan fingerprint density at radius 1 is 1.21 bits per heavy atom. The van der Waals surface area contributed by atoms with Crippen LogP contribution in [0.25, 0.3) is 0 Å². The van der Waals surface area contributed by atoms with Crippen LogP contribution in [0.15, 0.2) is 33.3 Å². The van der Waals surface area contributed by atoms with Crippen LogP contribution in [-0.2, 0) is 0 Å². The molecule has 0 aliphatic rings. The summed E-state index contributed by atoms with van der Waals surface area (Å²) in [6.07, 6.45) is 1.44. The topological polar surface area (TPSA) is 43.4 Å². The third kappa shape index (κ3) is 1.48. The van der Waals surface area contributed by atoms with Gasteiger partial charge in [0.25, 0.3) is 0 Å². The highest BCUT2D eigenvalue weighted by Crippen LogP contribution is 2.14. The molecule has 0 amide bonds. The van der Waals surface area contributed by atoms with E-state index < -0.39 is 0 Å². The van der Waals surface area contributed by atoms with E-state index in [1.165, 1.54) is 6.26 Å². The second-order valence-corrected chi connectivity index (χ2v) is 3.19.